The lowest BCUT2D eigenvalue weighted by Gasteiger charge is -2.06. The van der Waals surface area contributed by atoms with Crippen molar-refractivity contribution in [2.75, 3.05) is 0 Å². The third-order valence-electron chi connectivity index (χ3n) is 2.80. The van der Waals surface area contributed by atoms with Gasteiger partial charge in [-0.05, 0) is 29.3 Å². The maximum atomic E-state index is 12.2. The summed E-state index contributed by atoms with van der Waals surface area (Å²) in [4.78, 5) is 0. The van der Waals surface area contributed by atoms with Crippen LogP contribution in [0.25, 0.3) is 0 Å². The van der Waals surface area contributed by atoms with E-state index in [2.05, 4.69) is 0 Å². The largest absolute Gasteiger partial charge is 0.228 e. The van der Waals surface area contributed by atoms with Crippen molar-refractivity contribution in [1.29, 1.82) is 5.26 Å². The molecule has 0 saturated heterocycles. The molecule has 2 aromatic rings. The molecule has 0 bridgehead atoms. The number of halogens is 1. The maximum Gasteiger partial charge on any atom is 0.158 e. The van der Waals surface area contributed by atoms with Gasteiger partial charge in [-0.2, -0.15) is 5.26 Å². The van der Waals surface area contributed by atoms with Gasteiger partial charge in [0.2, 0.25) is 0 Å². The summed E-state index contributed by atoms with van der Waals surface area (Å²) in [6, 6.07) is 15.4. The Hall–Kier alpha value is -1.83. The first-order valence-corrected chi connectivity index (χ1v) is 8.13. The second-order valence-corrected chi connectivity index (χ2v) is 6.90. The topological polar surface area (TPSA) is 57.9 Å². The van der Waals surface area contributed by atoms with E-state index in [4.69, 9.17) is 16.9 Å². The van der Waals surface area contributed by atoms with Crippen LogP contribution in [0.5, 0.6) is 0 Å². The van der Waals surface area contributed by atoms with Crippen molar-refractivity contribution >= 4 is 21.4 Å². The van der Waals surface area contributed by atoms with Gasteiger partial charge in [0, 0.05) is 5.02 Å². The van der Waals surface area contributed by atoms with Crippen LogP contribution < -0.4 is 0 Å². The molecule has 0 atom stereocenters. The number of nitrogens with zero attached hydrogens (tertiary/aromatic N) is 1. The van der Waals surface area contributed by atoms with Crippen molar-refractivity contribution in [3.8, 4) is 6.07 Å². The van der Waals surface area contributed by atoms with Crippen LogP contribution in [0.1, 0.15) is 16.7 Å². The molecule has 0 unspecified atom stereocenters. The van der Waals surface area contributed by atoms with Crippen LogP contribution in [0, 0.1) is 11.3 Å². The standard InChI is InChI=1S/C15H12ClNO2S/c16-15-4-2-1-3-14(15)11-20(18,19)10-13-7-5-12(9-17)6-8-13/h1-8H,10-11H2. The highest BCUT2D eigenvalue weighted by atomic mass is 35.5. The van der Waals surface area contributed by atoms with Crippen LogP contribution in [-0.2, 0) is 21.3 Å². The Morgan fingerprint density at radius 2 is 1.65 bits per heavy atom. The average molecular weight is 306 g/mol. The van der Waals surface area contributed by atoms with Gasteiger partial charge < -0.3 is 0 Å². The van der Waals surface area contributed by atoms with Crippen molar-refractivity contribution in [3.05, 3.63) is 70.2 Å². The SMILES string of the molecule is N#Cc1ccc(CS(=O)(=O)Cc2ccccc2Cl)cc1. The predicted molar refractivity (Wildman–Crippen MR) is 78.9 cm³/mol. The fraction of sp³-hybridized carbons (Fsp3) is 0.133. The minimum Gasteiger partial charge on any atom is -0.228 e. The van der Waals surface area contributed by atoms with Crippen molar-refractivity contribution in [2.24, 2.45) is 0 Å². The van der Waals surface area contributed by atoms with E-state index in [1.807, 2.05) is 6.07 Å². The second kappa shape index (κ2) is 6.08. The van der Waals surface area contributed by atoms with Crippen molar-refractivity contribution in [1.82, 2.24) is 0 Å². The Kier molecular flexibility index (Phi) is 4.43. The van der Waals surface area contributed by atoms with Crippen molar-refractivity contribution in [3.63, 3.8) is 0 Å². The quantitative estimate of drug-likeness (QED) is 0.870. The zero-order valence-electron chi connectivity index (χ0n) is 10.6. The van der Waals surface area contributed by atoms with Crippen molar-refractivity contribution < 1.29 is 8.42 Å². The summed E-state index contributed by atoms with van der Waals surface area (Å²) in [6.07, 6.45) is 0. The molecular formula is C15H12ClNO2S. The fourth-order valence-electron chi connectivity index (χ4n) is 1.83. The van der Waals surface area contributed by atoms with Crippen LogP contribution in [0.3, 0.4) is 0 Å². The van der Waals surface area contributed by atoms with Gasteiger partial charge in [-0.25, -0.2) is 8.42 Å². The zero-order chi connectivity index (χ0) is 14.6. The Morgan fingerprint density at radius 3 is 2.25 bits per heavy atom. The van der Waals surface area contributed by atoms with E-state index >= 15 is 0 Å². The molecule has 0 amide bonds. The van der Waals surface area contributed by atoms with Gasteiger partial charge in [-0.1, -0.05) is 41.9 Å². The maximum absolute atomic E-state index is 12.2. The molecular weight excluding hydrogens is 294 g/mol. The lowest BCUT2D eigenvalue weighted by atomic mass is 10.2. The van der Waals surface area contributed by atoms with Gasteiger partial charge >= 0.3 is 0 Å². The van der Waals surface area contributed by atoms with E-state index in [1.165, 1.54) is 0 Å². The summed E-state index contributed by atoms with van der Waals surface area (Å²) >= 11 is 5.97. The van der Waals surface area contributed by atoms with Crippen molar-refractivity contribution in [2.45, 2.75) is 11.5 Å². The summed E-state index contributed by atoms with van der Waals surface area (Å²) in [5.74, 6) is -0.156. The van der Waals surface area contributed by atoms with E-state index < -0.39 is 9.84 Å². The second-order valence-electron chi connectivity index (χ2n) is 4.43. The highest BCUT2D eigenvalue weighted by molar-refractivity contribution is 7.89. The zero-order valence-corrected chi connectivity index (χ0v) is 12.2. The minimum absolute atomic E-state index is 0.0655. The molecule has 102 valence electrons. The number of hydrogen-bond acceptors (Lipinski definition) is 3. The van der Waals surface area contributed by atoms with E-state index in [1.54, 1.807) is 48.5 Å². The predicted octanol–water partition coefficient (Wildman–Crippen LogP) is 3.33. The molecule has 0 fully saturated rings. The monoisotopic (exact) mass is 305 g/mol. The molecule has 0 radical (unpaired) electrons. The summed E-state index contributed by atoms with van der Waals surface area (Å²) < 4.78 is 24.3. The Labute approximate surface area is 123 Å². The summed E-state index contributed by atoms with van der Waals surface area (Å²) in [5, 5.41) is 9.16. The third-order valence-corrected chi connectivity index (χ3v) is 4.70. The Bertz CT molecular complexity index is 746. The van der Waals surface area contributed by atoms with Gasteiger partial charge in [0.25, 0.3) is 0 Å². The molecule has 0 heterocycles. The summed E-state index contributed by atoms with van der Waals surface area (Å²) in [5.41, 5.74) is 1.77. The fourth-order valence-corrected chi connectivity index (χ4v) is 3.64. The van der Waals surface area contributed by atoms with Gasteiger partial charge in [-0.15, -0.1) is 0 Å². The number of sulfone groups is 1. The van der Waals surface area contributed by atoms with Gasteiger partial charge in [0.1, 0.15) is 0 Å². The molecule has 3 nitrogen and oxygen atoms in total. The first-order chi connectivity index (χ1) is 9.50. The molecule has 5 heteroatoms. The highest BCUT2D eigenvalue weighted by Gasteiger charge is 2.14. The van der Waals surface area contributed by atoms with Crippen LogP contribution in [0.15, 0.2) is 48.5 Å². The molecule has 0 saturated carbocycles. The van der Waals surface area contributed by atoms with E-state index in [0.717, 1.165) is 0 Å². The van der Waals surface area contributed by atoms with E-state index in [-0.39, 0.29) is 11.5 Å². The van der Waals surface area contributed by atoms with Gasteiger partial charge in [0.15, 0.2) is 9.84 Å². The van der Waals surface area contributed by atoms with E-state index in [0.29, 0.717) is 21.7 Å². The molecule has 0 aliphatic carbocycles. The molecule has 0 aliphatic heterocycles. The minimum atomic E-state index is -3.30. The lowest BCUT2D eigenvalue weighted by molar-refractivity contribution is 0.594. The highest BCUT2D eigenvalue weighted by Crippen LogP contribution is 2.19. The molecule has 0 aliphatic rings. The molecule has 0 spiro atoms. The summed E-state index contributed by atoms with van der Waals surface area (Å²) in [6.45, 7) is 0. The van der Waals surface area contributed by atoms with Crippen LogP contribution in [0.2, 0.25) is 5.02 Å². The van der Waals surface area contributed by atoms with Gasteiger partial charge in [0.05, 0.1) is 23.1 Å². The number of benzene rings is 2. The van der Waals surface area contributed by atoms with Crippen LogP contribution in [-0.4, -0.2) is 8.42 Å². The Morgan fingerprint density at radius 1 is 1.00 bits per heavy atom. The molecule has 0 N–H and O–H groups in total. The molecule has 2 rings (SSSR count). The smallest absolute Gasteiger partial charge is 0.158 e. The van der Waals surface area contributed by atoms with Crippen LogP contribution in [0.4, 0.5) is 0 Å². The average Bonchev–Trinajstić information content (AvgIpc) is 2.41. The number of hydrogen-bond donors (Lipinski definition) is 0. The molecule has 2 aromatic carbocycles. The molecule has 20 heavy (non-hydrogen) atoms. The number of nitriles is 1. The first kappa shape index (κ1) is 14.6. The Balaban J connectivity index is 2.15. The molecule has 0 aromatic heterocycles. The lowest BCUT2D eigenvalue weighted by Crippen LogP contribution is -2.08. The first-order valence-electron chi connectivity index (χ1n) is 5.93. The van der Waals surface area contributed by atoms with E-state index in [9.17, 15) is 8.42 Å². The summed E-state index contributed by atoms with van der Waals surface area (Å²) in [7, 11) is -3.30. The van der Waals surface area contributed by atoms with Gasteiger partial charge in [-0.3, -0.25) is 0 Å². The normalized spacial score (nSPS) is 11.0. The number of rotatable bonds is 4. The third kappa shape index (κ3) is 3.83. The van der Waals surface area contributed by atoms with Crippen LogP contribution >= 0.6 is 11.6 Å².